The number of hydrogen-bond acceptors (Lipinski definition) is 7. The average Bonchev–Trinajstić information content (AvgIpc) is 2.96. The Hall–Kier alpha value is -2.98. The number of carbonyl (C=O) groups is 6. The van der Waals surface area contributed by atoms with E-state index in [9.17, 15) is 28.8 Å². The molecule has 0 bridgehead atoms. The third-order valence-electron chi connectivity index (χ3n) is 8.40. The molecule has 1 aliphatic heterocycles. The first kappa shape index (κ1) is 37.2. The summed E-state index contributed by atoms with van der Waals surface area (Å²) in [6.07, 6.45) is 6.89. The van der Waals surface area contributed by atoms with E-state index in [0.29, 0.717) is 38.6 Å². The van der Waals surface area contributed by atoms with Gasteiger partial charge in [-0.3, -0.25) is 19.2 Å². The van der Waals surface area contributed by atoms with Crippen molar-refractivity contribution in [1.29, 1.82) is 0 Å². The predicted octanol–water partition coefficient (Wildman–Crippen LogP) is 4.06. The number of ether oxygens (including phenoxy) is 1. The van der Waals surface area contributed by atoms with Gasteiger partial charge in [0.15, 0.2) is 5.78 Å². The summed E-state index contributed by atoms with van der Waals surface area (Å²) in [5, 5.41) is 8.35. The number of Topliss-reactive ketones (excluding diaryl/α,β-unsaturated/α-hetero) is 2. The Bertz CT molecular complexity index is 1030. The molecule has 1 aliphatic carbocycles. The van der Waals surface area contributed by atoms with Crippen LogP contribution in [0.25, 0.3) is 0 Å². The highest BCUT2D eigenvalue weighted by Crippen LogP contribution is 2.31. The summed E-state index contributed by atoms with van der Waals surface area (Å²) < 4.78 is 5.37. The minimum atomic E-state index is -0.946. The molecule has 2 rings (SSSR count). The Kier molecular flexibility index (Phi) is 14.3. The lowest BCUT2D eigenvalue weighted by Crippen LogP contribution is -2.60. The number of esters is 1. The normalized spacial score (nSPS) is 20.4. The zero-order valence-electron chi connectivity index (χ0n) is 28.1. The van der Waals surface area contributed by atoms with E-state index >= 15 is 0 Å². The molecule has 0 aromatic carbocycles. The van der Waals surface area contributed by atoms with E-state index in [1.54, 1.807) is 18.7 Å². The van der Waals surface area contributed by atoms with E-state index in [1.165, 1.54) is 6.92 Å². The van der Waals surface area contributed by atoms with Crippen LogP contribution in [-0.4, -0.2) is 77.1 Å². The Morgan fingerprint density at radius 1 is 0.909 bits per heavy atom. The summed E-state index contributed by atoms with van der Waals surface area (Å²) in [5.74, 6) is -2.30. The Morgan fingerprint density at radius 3 is 2.07 bits per heavy atom. The van der Waals surface area contributed by atoms with Gasteiger partial charge in [0.1, 0.15) is 18.1 Å². The molecule has 11 heteroatoms. The third-order valence-corrected chi connectivity index (χ3v) is 8.40. The van der Waals surface area contributed by atoms with Gasteiger partial charge in [0.2, 0.25) is 17.6 Å². The lowest BCUT2D eigenvalue weighted by Gasteiger charge is -2.36. The van der Waals surface area contributed by atoms with Gasteiger partial charge < -0.3 is 25.6 Å². The molecule has 0 aromatic heterocycles. The zero-order chi connectivity index (χ0) is 33.2. The van der Waals surface area contributed by atoms with Crippen molar-refractivity contribution < 1.29 is 33.5 Å². The van der Waals surface area contributed by atoms with Crippen LogP contribution in [0.1, 0.15) is 120 Å². The first-order valence-electron chi connectivity index (χ1n) is 16.4. The summed E-state index contributed by atoms with van der Waals surface area (Å²) in [5.41, 5.74) is -0.647. The fourth-order valence-electron chi connectivity index (χ4n) is 5.75. The van der Waals surface area contributed by atoms with Gasteiger partial charge in [-0.25, -0.2) is 9.59 Å². The van der Waals surface area contributed by atoms with Gasteiger partial charge >= 0.3 is 12.0 Å². The third kappa shape index (κ3) is 11.5. The van der Waals surface area contributed by atoms with Crippen LogP contribution in [0, 0.1) is 17.3 Å². The molecule has 4 amide bonds. The summed E-state index contributed by atoms with van der Waals surface area (Å²) in [6.45, 7) is 14.4. The number of hydrogen-bond donors (Lipinski definition) is 3. The van der Waals surface area contributed by atoms with E-state index in [2.05, 4.69) is 16.0 Å². The number of ketones is 2. The Morgan fingerprint density at radius 2 is 1.55 bits per heavy atom. The second kappa shape index (κ2) is 16.9. The molecular weight excluding hydrogens is 564 g/mol. The minimum absolute atomic E-state index is 0.0500. The molecular formula is C33H56N4O7. The molecule has 3 N–H and O–H groups in total. The number of rotatable bonds is 13. The maximum atomic E-state index is 14.1. The molecule has 1 heterocycles. The van der Waals surface area contributed by atoms with Crippen LogP contribution < -0.4 is 16.0 Å². The van der Waals surface area contributed by atoms with Crippen LogP contribution in [0.4, 0.5) is 4.79 Å². The quantitative estimate of drug-likeness (QED) is 0.208. The summed E-state index contributed by atoms with van der Waals surface area (Å²) in [4.78, 5) is 80.4. The first-order valence-corrected chi connectivity index (χ1v) is 16.4. The maximum absolute atomic E-state index is 14.1. The molecule has 0 aromatic rings. The van der Waals surface area contributed by atoms with Crippen molar-refractivity contribution in [2.45, 2.75) is 150 Å². The molecule has 2 fully saturated rings. The van der Waals surface area contributed by atoms with Crippen LogP contribution in [0.5, 0.6) is 0 Å². The standard InChI is InChI=1S/C33H56N4O7/c1-20(2)18-26(29(40)34-25(27(39)22(5)38)19-23-14-13-15-23)37-17-12-10-9-11-16-24(30(37)41)35-32(43)36-28(33(6,7)8)31(42)44-21(3)4/h20-21,23-26,28H,9-19H2,1-8H3,(H,34,40)(H2,35,36,43)/t24-,25?,26-,28+/m0/s1. The fraction of sp³-hybridized carbons (Fsp3) is 0.818. The highest BCUT2D eigenvalue weighted by molar-refractivity contribution is 6.38. The highest BCUT2D eigenvalue weighted by Gasteiger charge is 2.39. The molecule has 1 unspecified atom stereocenters. The number of amides is 4. The van der Waals surface area contributed by atoms with E-state index in [4.69, 9.17) is 4.74 Å². The van der Waals surface area contributed by atoms with Gasteiger partial charge in [-0.05, 0) is 56.8 Å². The molecule has 44 heavy (non-hydrogen) atoms. The Labute approximate surface area is 263 Å². The van der Waals surface area contributed by atoms with Crippen molar-refractivity contribution in [2.24, 2.45) is 17.3 Å². The predicted molar refractivity (Wildman–Crippen MR) is 168 cm³/mol. The van der Waals surface area contributed by atoms with Crippen LogP contribution in [0.2, 0.25) is 0 Å². The van der Waals surface area contributed by atoms with Crippen LogP contribution >= 0.6 is 0 Å². The van der Waals surface area contributed by atoms with Gasteiger partial charge in [-0.15, -0.1) is 0 Å². The molecule has 2 aliphatic rings. The molecule has 0 spiro atoms. The second-order valence-electron chi connectivity index (χ2n) is 14.3. The zero-order valence-corrected chi connectivity index (χ0v) is 28.1. The minimum Gasteiger partial charge on any atom is -0.461 e. The van der Waals surface area contributed by atoms with Crippen LogP contribution in [0.15, 0.2) is 0 Å². The van der Waals surface area contributed by atoms with Crippen molar-refractivity contribution >= 4 is 35.4 Å². The number of nitrogens with zero attached hydrogens (tertiary/aromatic N) is 1. The SMILES string of the molecule is CC(=O)C(=O)C(CC1CCC1)NC(=O)[C@H](CC(C)C)N1CCCCCC[C@H](NC(=O)N[C@H](C(=O)OC(C)C)C(C)(C)C)C1=O. The van der Waals surface area contributed by atoms with Gasteiger partial charge in [0.05, 0.1) is 12.1 Å². The van der Waals surface area contributed by atoms with E-state index in [-0.39, 0.29) is 23.8 Å². The molecule has 1 saturated heterocycles. The van der Waals surface area contributed by atoms with Crippen molar-refractivity contribution in [1.82, 2.24) is 20.9 Å². The van der Waals surface area contributed by atoms with Gasteiger partial charge in [0, 0.05) is 13.5 Å². The van der Waals surface area contributed by atoms with E-state index in [1.807, 2.05) is 34.6 Å². The van der Waals surface area contributed by atoms with Crippen molar-refractivity contribution in [3.05, 3.63) is 0 Å². The smallest absolute Gasteiger partial charge is 0.329 e. The average molecular weight is 621 g/mol. The topological polar surface area (TPSA) is 151 Å². The molecule has 250 valence electrons. The first-order chi connectivity index (χ1) is 20.5. The number of carbonyl (C=O) groups excluding carboxylic acids is 6. The summed E-state index contributed by atoms with van der Waals surface area (Å²) in [6, 6.07) is -4.33. The second-order valence-corrected chi connectivity index (χ2v) is 14.3. The molecule has 0 radical (unpaired) electrons. The molecule has 11 nitrogen and oxygen atoms in total. The number of nitrogens with one attached hydrogen (secondary N) is 3. The van der Waals surface area contributed by atoms with Crippen molar-refractivity contribution in [3.8, 4) is 0 Å². The molecule has 4 atom stereocenters. The lowest BCUT2D eigenvalue weighted by molar-refractivity contribution is -0.152. The van der Waals surface area contributed by atoms with Gasteiger partial charge in [-0.1, -0.05) is 73.1 Å². The number of urea groups is 1. The summed E-state index contributed by atoms with van der Waals surface area (Å²) in [7, 11) is 0. The molecule has 1 saturated carbocycles. The van der Waals surface area contributed by atoms with Crippen LogP contribution in [-0.2, 0) is 28.7 Å². The van der Waals surface area contributed by atoms with Crippen molar-refractivity contribution in [2.75, 3.05) is 6.54 Å². The van der Waals surface area contributed by atoms with Gasteiger partial charge in [0.25, 0.3) is 0 Å². The summed E-state index contributed by atoms with van der Waals surface area (Å²) >= 11 is 0. The monoisotopic (exact) mass is 620 g/mol. The van der Waals surface area contributed by atoms with Crippen molar-refractivity contribution in [3.63, 3.8) is 0 Å². The largest absolute Gasteiger partial charge is 0.461 e. The lowest BCUT2D eigenvalue weighted by atomic mass is 9.79. The fourth-order valence-corrected chi connectivity index (χ4v) is 5.75. The van der Waals surface area contributed by atoms with Gasteiger partial charge in [-0.2, -0.15) is 0 Å². The van der Waals surface area contributed by atoms with E-state index < -0.39 is 59.1 Å². The maximum Gasteiger partial charge on any atom is 0.329 e. The highest BCUT2D eigenvalue weighted by atomic mass is 16.5. The Balaban J connectivity index is 2.31. The van der Waals surface area contributed by atoms with Crippen LogP contribution in [0.3, 0.4) is 0 Å². The van der Waals surface area contributed by atoms with E-state index in [0.717, 1.165) is 32.1 Å².